The molecule has 19 heavy (non-hydrogen) atoms. The number of carbonyl (C=O) groups is 2. The van der Waals surface area contributed by atoms with E-state index < -0.39 is 12.1 Å². The van der Waals surface area contributed by atoms with Crippen molar-refractivity contribution in [2.75, 3.05) is 6.54 Å². The van der Waals surface area contributed by atoms with Crippen molar-refractivity contribution in [2.45, 2.75) is 12.5 Å². The smallest absolute Gasteiger partial charge is 0.312 e. The Bertz CT molecular complexity index is 459. The molecule has 0 aliphatic carbocycles. The second-order valence-electron chi connectivity index (χ2n) is 3.91. The number of primary amides is 1. The second-order valence-corrected chi connectivity index (χ2v) is 4.35. The summed E-state index contributed by atoms with van der Waals surface area (Å²) < 4.78 is 0. The van der Waals surface area contributed by atoms with E-state index in [-0.39, 0.29) is 12.3 Å². The zero-order valence-electron chi connectivity index (χ0n) is 10.4. The quantitative estimate of drug-likeness (QED) is 0.694. The predicted octanol–water partition coefficient (Wildman–Crippen LogP) is 1.74. The summed E-state index contributed by atoms with van der Waals surface area (Å²) in [5.74, 6) is -0.200. The molecule has 4 N–H and O–H groups in total. The van der Waals surface area contributed by atoms with Gasteiger partial charge in [0.1, 0.15) is 0 Å². The highest BCUT2D eigenvalue weighted by molar-refractivity contribution is 6.30. The summed E-state index contributed by atoms with van der Waals surface area (Å²) in [6, 6.07) is 5.69. The number of amides is 3. The third-order valence-electron chi connectivity index (χ3n) is 2.42. The van der Waals surface area contributed by atoms with Crippen LogP contribution in [0.15, 0.2) is 36.9 Å². The Labute approximate surface area is 116 Å². The van der Waals surface area contributed by atoms with Crippen LogP contribution in [-0.2, 0) is 4.79 Å². The molecule has 6 heteroatoms. The maximum Gasteiger partial charge on any atom is 0.312 e. The fourth-order valence-corrected chi connectivity index (χ4v) is 1.69. The molecule has 102 valence electrons. The lowest BCUT2D eigenvalue weighted by atomic mass is 10.0. The first-order valence-electron chi connectivity index (χ1n) is 5.72. The van der Waals surface area contributed by atoms with Gasteiger partial charge in [-0.15, -0.1) is 6.58 Å². The number of carbonyl (C=O) groups excluding carboxylic acids is 2. The number of halogens is 1. The molecule has 0 aliphatic rings. The van der Waals surface area contributed by atoms with Gasteiger partial charge in [0, 0.05) is 11.6 Å². The van der Waals surface area contributed by atoms with Crippen molar-refractivity contribution in [1.82, 2.24) is 10.6 Å². The third kappa shape index (κ3) is 5.44. The second kappa shape index (κ2) is 7.43. The molecule has 0 heterocycles. The van der Waals surface area contributed by atoms with Crippen LogP contribution in [-0.4, -0.2) is 18.5 Å². The van der Waals surface area contributed by atoms with E-state index in [0.29, 0.717) is 11.6 Å². The Morgan fingerprint density at radius 3 is 2.53 bits per heavy atom. The molecule has 1 aromatic rings. The maximum atomic E-state index is 11.7. The van der Waals surface area contributed by atoms with E-state index in [9.17, 15) is 9.59 Å². The molecule has 0 bridgehead atoms. The predicted molar refractivity (Wildman–Crippen MR) is 74.7 cm³/mol. The number of rotatable bonds is 6. The molecule has 5 nitrogen and oxygen atoms in total. The van der Waals surface area contributed by atoms with Gasteiger partial charge in [-0.3, -0.25) is 4.79 Å². The molecule has 0 aliphatic heterocycles. The van der Waals surface area contributed by atoms with Crippen LogP contribution in [0.2, 0.25) is 5.02 Å². The van der Waals surface area contributed by atoms with Gasteiger partial charge in [0.05, 0.1) is 12.5 Å². The van der Waals surface area contributed by atoms with Crippen LogP contribution in [0.25, 0.3) is 0 Å². The average Bonchev–Trinajstić information content (AvgIpc) is 2.36. The minimum Gasteiger partial charge on any atom is -0.353 e. The monoisotopic (exact) mass is 281 g/mol. The van der Waals surface area contributed by atoms with Crippen molar-refractivity contribution in [3.8, 4) is 0 Å². The third-order valence-corrected chi connectivity index (χ3v) is 2.67. The standard InChI is InChI=1S/C13H16ClN3O2/c1-2-7-16-12(18)8-11(17-13(15)19)9-3-5-10(14)6-4-9/h2-6,11H,1,7-8H2,(H,16,18)(H3,15,17,19). The van der Waals surface area contributed by atoms with E-state index in [1.54, 1.807) is 30.3 Å². The molecule has 0 spiro atoms. The highest BCUT2D eigenvalue weighted by atomic mass is 35.5. The van der Waals surface area contributed by atoms with Gasteiger partial charge in [-0.05, 0) is 17.7 Å². The van der Waals surface area contributed by atoms with E-state index in [1.165, 1.54) is 0 Å². The van der Waals surface area contributed by atoms with Crippen LogP contribution in [0.1, 0.15) is 18.0 Å². The minimum atomic E-state index is -0.684. The highest BCUT2D eigenvalue weighted by Crippen LogP contribution is 2.19. The first-order chi connectivity index (χ1) is 9.02. The first-order valence-corrected chi connectivity index (χ1v) is 6.09. The van der Waals surface area contributed by atoms with Crippen LogP contribution < -0.4 is 16.4 Å². The van der Waals surface area contributed by atoms with Crippen molar-refractivity contribution >= 4 is 23.5 Å². The molecule has 1 atom stereocenters. The average molecular weight is 282 g/mol. The topological polar surface area (TPSA) is 84.2 Å². The fourth-order valence-electron chi connectivity index (χ4n) is 1.56. The fraction of sp³-hybridized carbons (Fsp3) is 0.231. The van der Waals surface area contributed by atoms with Crippen molar-refractivity contribution in [2.24, 2.45) is 5.73 Å². The van der Waals surface area contributed by atoms with Gasteiger partial charge in [0.25, 0.3) is 0 Å². The summed E-state index contributed by atoms with van der Waals surface area (Å²) in [5, 5.41) is 5.76. The molecule has 0 saturated carbocycles. The zero-order valence-corrected chi connectivity index (χ0v) is 11.1. The van der Waals surface area contributed by atoms with Crippen LogP contribution in [0, 0.1) is 0 Å². The summed E-state index contributed by atoms with van der Waals surface area (Å²) in [6.45, 7) is 3.89. The lowest BCUT2D eigenvalue weighted by Gasteiger charge is -2.17. The highest BCUT2D eigenvalue weighted by Gasteiger charge is 2.16. The Kier molecular flexibility index (Phi) is 5.89. The van der Waals surface area contributed by atoms with Gasteiger partial charge in [-0.1, -0.05) is 29.8 Å². The van der Waals surface area contributed by atoms with Crippen LogP contribution in [0.5, 0.6) is 0 Å². The molecule has 1 rings (SSSR count). The first kappa shape index (κ1) is 15.0. The van der Waals surface area contributed by atoms with Crippen LogP contribution >= 0.6 is 11.6 Å². The van der Waals surface area contributed by atoms with Crippen molar-refractivity contribution < 1.29 is 9.59 Å². The number of benzene rings is 1. The van der Waals surface area contributed by atoms with Gasteiger partial charge in [0.15, 0.2) is 0 Å². The van der Waals surface area contributed by atoms with E-state index in [2.05, 4.69) is 17.2 Å². The van der Waals surface area contributed by atoms with Crippen LogP contribution in [0.3, 0.4) is 0 Å². The summed E-state index contributed by atoms with van der Waals surface area (Å²) >= 11 is 5.79. The molecular formula is C13H16ClN3O2. The molecular weight excluding hydrogens is 266 g/mol. The molecule has 0 radical (unpaired) electrons. The lowest BCUT2D eigenvalue weighted by Crippen LogP contribution is -2.36. The molecule has 0 saturated heterocycles. The number of nitrogens with two attached hydrogens (primary N) is 1. The van der Waals surface area contributed by atoms with Gasteiger partial charge in [-0.2, -0.15) is 0 Å². The molecule has 0 fully saturated rings. The minimum absolute atomic E-state index is 0.0956. The summed E-state index contributed by atoms with van der Waals surface area (Å²) in [4.78, 5) is 22.6. The van der Waals surface area contributed by atoms with Gasteiger partial charge in [-0.25, -0.2) is 4.79 Å². The van der Waals surface area contributed by atoms with Crippen molar-refractivity contribution in [3.63, 3.8) is 0 Å². The van der Waals surface area contributed by atoms with E-state index in [1.807, 2.05) is 0 Å². The van der Waals surface area contributed by atoms with Gasteiger partial charge >= 0.3 is 6.03 Å². The van der Waals surface area contributed by atoms with Crippen molar-refractivity contribution in [3.05, 3.63) is 47.5 Å². The molecule has 1 unspecified atom stereocenters. The van der Waals surface area contributed by atoms with Crippen molar-refractivity contribution in [1.29, 1.82) is 0 Å². The molecule has 1 aromatic carbocycles. The number of hydrogen-bond donors (Lipinski definition) is 3. The number of hydrogen-bond acceptors (Lipinski definition) is 2. The van der Waals surface area contributed by atoms with Gasteiger partial charge in [0.2, 0.25) is 5.91 Å². The van der Waals surface area contributed by atoms with E-state index in [0.717, 1.165) is 5.56 Å². The summed E-state index contributed by atoms with van der Waals surface area (Å²) in [7, 11) is 0. The number of urea groups is 1. The Morgan fingerprint density at radius 1 is 1.37 bits per heavy atom. The summed E-state index contributed by atoms with van der Waals surface area (Å²) in [5.41, 5.74) is 5.87. The lowest BCUT2D eigenvalue weighted by molar-refractivity contribution is -0.121. The van der Waals surface area contributed by atoms with Gasteiger partial charge < -0.3 is 16.4 Å². The Hall–Kier alpha value is -2.01. The van der Waals surface area contributed by atoms with Crippen LogP contribution in [0.4, 0.5) is 4.79 Å². The maximum absolute atomic E-state index is 11.7. The molecule has 3 amide bonds. The van der Waals surface area contributed by atoms with E-state index in [4.69, 9.17) is 17.3 Å². The van der Waals surface area contributed by atoms with E-state index >= 15 is 0 Å². The Morgan fingerprint density at radius 2 is 2.00 bits per heavy atom. The largest absolute Gasteiger partial charge is 0.353 e. The molecule has 0 aromatic heterocycles. The SMILES string of the molecule is C=CCNC(=O)CC(NC(N)=O)c1ccc(Cl)cc1. The summed E-state index contributed by atoms with van der Waals surface area (Å²) in [6.07, 6.45) is 1.68. The number of nitrogens with one attached hydrogen (secondary N) is 2. The zero-order chi connectivity index (χ0) is 14.3. The Balaban J connectivity index is 2.76. The normalized spacial score (nSPS) is 11.4.